The summed E-state index contributed by atoms with van der Waals surface area (Å²) in [6, 6.07) is 15.6. The molecule has 1 heterocycles. The number of thiazole rings is 1. The highest BCUT2D eigenvalue weighted by Crippen LogP contribution is 2.17. The number of amides is 1. The highest BCUT2D eigenvalue weighted by molar-refractivity contribution is 7.09. The number of nitrogens with zero attached hydrogens (tertiary/aromatic N) is 1. The molecule has 2 aromatic carbocycles. The molecule has 0 radical (unpaired) electrons. The number of carbonyl (C=O) groups excluding carboxylic acids is 1. The average Bonchev–Trinajstić information content (AvgIpc) is 3.04. The summed E-state index contributed by atoms with van der Waals surface area (Å²) in [5.74, 6) is 0.750. The fourth-order valence-corrected chi connectivity index (χ4v) is 2.99. The van der Waals surface area contributed by atoms with Crippen molar-refractivity contribution >= 4 is 22.9 Å². The number of aromatic nitrogens is 1. The number of nitrogens with one attached hydrogen (secondary N) is 1. The van der Waals surface area contributed by atoms with E-state index >= 15 is 0 Å². The van der Waals surface area contributed by atoms with Crippen LogP contribution in [-0.2, 0) is 17.8 Å². The minimum Gasteiger partial charge on any atom is -0.486 e. The van der Waals surface area contributed by atoms with Crippen LogP contribution in [0.5, 0.6) is 5.75 Å². The van der Waals surface area contributed by atoms with E-state index < -0.39 is 0 Å². The number of anilines is 1. The monoisotopic (exact) mass is 352 g/mol. The molecule has 3 aromatic rings. The van der Waals surface area contributed by atoms with Crippen molar-refractivity contribution in [3.63, 3.8) is 0 Å². The van der Waals surface area contributed by atoms with Gasteiger partial charge in [0, 0.05) is 11.1 Å². The lowest BCUT2D eigenvalue weighted by Crippen LogP contribution is -2.14. The smallest absolute Gasteiger partial charge is 0.230 e. The van der Waals surface area contributed by atoms with E-state index in [1.807, 2.05) is 67.8 Å². The summed E-state index contributed by atoms with van der Waals surface area (Å²) in [4.78, 5) is 16.6. The lowest BCUT2D eigenvalue weighted by Gasteiger charge is -2.05. The highest BCUT2D eigenvalue weighted by Gasteiger charge is 2.09. The van der Waals surface area contributed by atoms with Gasteiger partial charge in [-0.3, -0.25) is 4.79 Å². The van der Waals surface area contributed by atoms with Crippen LogP contribution in [0.2, 0.25) is 0 Å². The van der Waals surface area contributed by atoms with Crippen LogP contribution in [-0.4, -0.2) is 10.9 Å². The maximum Gasteiger partial charge on any atom is 0.230 e. The Morgan fingerprint density at radius 2 is 1.68 bits per heavy atom. The van der Waals surface area contributed by atoms with Gasteiger partial charge in [0.15, 0.2) is 0 Å². The van der Waals surface area contributed by atoms with Crippen molar-refractivity contribution in [3.8, 4) is 5.75 Å². The molecule has 0 saturated heterocycles. The van der Waals surface area contributed by atoms with E-state index in [0.717, 1.165) is 27.7 Å². The fourth-order valence-electron chi connectivity index (χ4n) is 2.28. The molecule has 5 heteroatoms. The van der Waals surface area contributed by atoms with Gasteiger partial charge in [0.1, 0.15) is 17.4 Å². The van der Waals surface area contributed by atoms with Gasteiger partial charge in [0.05, 0.1) is 12.1 Å². The largest absolute Gasteiger partial charge is 0.486 e. The van der Waals surface area contributed by atoms with E-state index in [4.69, 9.17) is 4.74 Å². The molecule has 1 N–H and O–H groups in total. The normalized spacial score (nSPS) is 10.5. The Labute approximate surface area is 151 Å². The zero-order chi connectivity index (χ0) is 17.6. The van der Waals surface area contributed by atoms with Crippen LogP contribution in [0.3, 0.4) is 0 Å². The Hall–Kier alpha value is -2.66. The summed E-state index contributed by atoms with van der Waals surface area (Å²) >= 11 is 1.51. The Morgan fingerprint density at radius 1 is 1.04 bits per heavy atom. The van der Waals surface area contributed by atoms with Gasteiger partial charge in [0.25, 0.3) is 0 Å². The molecule has 0 bridgehead atoms. The maximum atomic E-state index is 12.1. The third kappa shape index (κ3) is 5.16. The van der Waals surface area contributed by atoms with E-state index in [2.05, 4.69) is 10.3 Å². The zero-order valence-corrected chi connectivity index (χ0v) is 15.1. The van der Waals surface area contributed by atoms with Gasteiger partial charge >= 0.3 is 0 Å². The van der Waals surface area contributed by atoms with E-state index in [9.17, 15) is 4.79 Å². The van der Waals surface area contributed by atoms with Crippen LogP contribution in [0, 0.1) is 13.8 Å². The van der Waals surface area contributed by atoms with Crippen molar-refractivity contribution in [2.24, 2.45) is 0 Å². The number of aryl methyl sites for hydroxylation is 2. The van der Waals surface area contributed by atoms with Crippen LogP contribution in [0.25, 0.3) is 0 Å². The molecule has 0 saturated carbocycles. The zero-order valence-electron chi connectivity index (χ0n) is 14.3. The third-order valence-electron chi connectivity index (χ3n) is 3.66. The molecule has 0 spiro atoms. The molecule has 128 valence electrons. The van der Waals surface area contributed by atoms with Crippen molar-refractivity contribution in [1.82, 2.24) is 4.98 Å². The standard InChI is InChI=1S/C20H20N2O2S/c1-14-3-7-16(8-4-14)21-19(23)11-17-13-25-20(22-17)12-24-18-9-5-15(2)6-10-18/h3-10,13H,11-12H2,1-2H3,(H,21,23). The molecule has 0 aliphatic heterocycles. The van der Waals surface area contributed by atoms with Gasteiger partial charge in [-0.25, -0.2) is 4.98 Å². The summed E-state index contributed by atoms with van der Waals surface area (Å²) in [6.45, 7) is 4.47. The topological polar surface area (TPSA) is 51.2 Å². The minimum absolute atomic E-state index is 0.0693. The van der Waals surface area contributed by atoms with Crippen molar-refractivity contribution in [1.29, 1.82) is 0 Å². The molecule has 0 unspecified atom stereocenters. The van der Waals surface area contributed by atoms with E-state index in [1.165, 1.54) is 16.9 Å². The first-order valence-electron chi connectivity index (χ1n) is 8.08. The predicted octanol–water partition coefficient (Wildman–Crippen LogP) is 4.52. The average molecular weight is 352 g/mol. The molecular formula is C20H20N2O2S. The number of ether oxygens (including phenoxy) is 1. The first-order chi connectivity index (χ1) is 12.1. The Morgan fingerprint density at radius 3 is 2.36 bits per heavy atom. The molecule has 1 aromatic heterocycles. The number of hydrogen-bond donors (Lipinski definition) is 1. The molecule has 1 amide bonds. The Kier molecular flexibility index (Phi) is 5.46. The van der Waals surface area contributed by atoms with Crippen LogP contribution in [0.15, 0.2) is 53.9 Å². The molecule has 0 aliphatic rings. The van der Waals surface area contributed by atoms with Gasteiger partial charge in [0.2, 0.25) is 5.91 Å². The summed E-state index contributed by atoms with van der Waals surface area (Å²) in [7, 11) is 0. The second-order valence-corrected chi connectivity index (χ2v) is 6.87. The lowest BCUT2D eigenvalue weighted by molar-refractivity contribution is -0.115. The van der Waals surface area contributed by atoms with Crippen LogP contribution < -0.4 is 10.1 Å². The number of benzene rings is 2. The minimum atomic E-state index is -0.0693. The van der Waals surface area contributed by atoms with E-state index in [1.54, 1.807) is 0 Å². The Balaban J connectivity index is 1.51. The Bertz CT molecular complexity index is 839. The van der Waals surface area contributed by atoms with Crippen LogP contribution in [0.4, 0.5) is 5.69 Å². The SMILES string of the molecule is Cc1ccc(NC(=O)Cc2csc(COc3ccc(C)cc3)n2)cc1. The molecule has 0 aliphatic carbocycles. The van der Waals surface area contributed by atoms with Gasteiger partial charge in [-0.05, 0) is 38.1 Å². The molecule has 25 heavy (non-hydrogen) atoms. The number of carbonyl (C=O) groups is 1. The second-order valence-electron chi connectivity index (χ2n) is 5.93. The number of rotatable bonds is 6. The first-order valence-corrected chi connectivity index (χ1v) is 8.96. The molecule has 0 fully saturated rings. The number of hydrogen-bond acceptors (Lipinski definition) is 4. The van der Waals surface area contributed by atoms with Crippen molar-refractivity contribution in [2.45, 2.75) is 26.9 Å². The van der Waals surface area contributed by atoms with E-state index in [0.29, 0.717) is 6.61 Å². The quantitative estimate of drug-likeness (QED) is 0.709. The van der Waals surface area contributed by atoms with Crippen molar-refractivity contribution in [2.75, 3.05) is 5.32 Å². The first kappa shape index (κ1) is 17.2. The maximum absolute atomic E-state index is 12.1. The molecular weight excluding hydrogens is 332 g/mol. The summed E-state index contributed by atoms with van der Waals surface area (Å²) in [6.07, 6.45) is 0.259. The highest BCUT2D eigenvalue weighted by atomic mass is 32.1. The summed E-state index contributed by atoms with van der Waals surface area (Å²) in [5, 5.41) is 5.65. The van der Waals surface area contributed by atoms with Gasteiger partial charge < -0.3 is 10.1 Å². The van der Waals surface area contributed by atoms with Crippen molar-refractivity contribution in [3.05, 3.63) is 75.7 Å². The van der Waals surface area contributed by atoms with Crippen LogP contribution >= 0.6 is 11.3 Å². The third-order valence-corrected chi connectivity index (χ3v) is 4.53. The lowest BCUT2D eigenvalue weighted by atomic mass is 10.2. The van der Waals surface area contributed by atoms with E-state index in [-0.39, 0.29) is 12.3 Å². The fraction of sp³-hybridized carbons (Fsp3) is 0.200. The second kappa shape index (κ2) is 7.94. The van der Waals surface area contributed by atoms with Crippen LogP contribution in [0.1, 0.15) is 21.8 Å². The van der Waals surface area contributed by atoms with Gasteiger partial charge in [-0.2, -0.15) is 0 Å². The van der Waals surface area contributed by atoms with Gasteiger partial charge in [-0.1, -0.05) is 35.4 Å². The predicted molar refractivity (Wildman–Crippen MR) is 101 cm³/mol. The molecule has 0 atom stereocenters. The summed E-state index contributed by atoms with van der Waals surface area (Å²) < 4.78 is 5.72. The molecule has 3 rings (SSSR count). The summed E-state index contributed by atoms with van der Waals surface area (Å²) in [5.41, 5.74) is 3.92. The van der Waals surface area contributed by atoms with Gasteiger partial charge in [-0.15, -0.1) is 11.3 Å². The van der Waals surface area contributed by atoms with Crippen molar-refractivity contribution < 1.29 is 9.53 Å². The molecule has 4 nitrogen and oxygen atoms in total.